The number of urea groups is 1. The van der Waals surface area contributed by atoms with Gasteiger partial charge >= 0.3 is 6.03 Å². The quantitative estimate of drug-likeness (QED) is 0.859. The summed E-state index contributed by atoms with van der Waals surface area (Å²) in [6.07, 6.45) is 0.219. The van der Waals surface area contributed by atoms with Crippen LogP contribution in [0, 0.1) is 5.82 Å². The van der Waals surface area contributed by atoms with Crippen LogP contribution in [-0.2, 0) is 9.59 Å². The highest BCUT2D eigenvalue weighted by Crippen LogP contribution is 2.22. The molecule has 2 aliphatic rings. The number of nitrogens with one attached hydrogen (secondary N) is 1. The second-order valence-corrected chi connectivity index (χ2v) is 6.32. The predicted octanol–water partition coefficient (Wildman–Crippen LogP) is 0.805. The summed E-state index contributed by atoms with van der Waals surface area (Å²) in [7, 11) is 0. The first-order chi connectivity index (χ1) is 11.9. The molecule has 4 amide bonds. The fourth-order valence-corrected chi connectivity index (χ4v) is 3.17. The van der Waals surface area contributed by atoms with Crippen molar-refractivity contribution in [1.82, 2.24) is 15.1 Å². The van der Waals surface area contributed by atoms with Crippen molar-refractivity contribution in [2.24, 2.45) is 0 Å². The summed E-state index contributed by atoms with van der Waals surface area (Å²) in [5.74, 6) is -0.445. The van der Waals surface area contributed by atoms with E-state index in [9.17, 15) is 18.8 Å². The molecule has 0 radical (unpaired) electrons. The number of piperazine rings is 1. The van der Waals surface area contributed by atoms with E-state index in [1.54, 1.807) is 26.8 Å². The lowest BCUT2D eigenvalue weighted by atomic mass is 10.2. The molecule has 2 heterocycles. The number of carbonyl (C=O) groups is 3. The van der Waals surface area contributed by atoms with Gasteiger partial charge in [-0.2, -0.15) is 0 Å². The van der Waals surface area contributed by atoms with Crippen LogP contribution in [0.2, 0.25) is 0 Å². The number of hydrogen-bond donors (Lipinski definition) is 1. The highest BCUT2D eigenvalue weighted by molar-refractivity contribution is 5.96. The Balaban J connectivity index is 1.54. The third-order valence-electron chi connectivity index (χ3n) is 4.60. The molecule has 134 valence electrons. The molecule has 0 spiro atoms. The molecular formula is C17H21FN4O3. The van der Waals surface area contributed by atoms with Crippen molar-refractivity contribution in [3.8, 4) is 0 Å². The Morgan fingerprint density at radius 2 is 1.68 bits per heavy atom. The Hall–Kier alpha value is -2.64. The van der Waals surface area contributed by atoms with Gasteiger partial charge in [0.1, 0.15) is 5.82 Å². The fourth-order valence-electron chi connectivity index (χ4n) is 3.17. The van der Waals surface area contributed by atoms with Gasteiger partial charge in [-0.15, -0.1) is 0 Å². The number of nitrogens with zero attached hydrogens (tertiary/aromatic N) is 3. The first-order valence-electron chi connectivity index (χ1n) is 8.31. The van der Waals surface area contributed by atoms with Crippen LogP contribution in [0.1, 0.15) is 13.3 Å². The third-order valence-corrected chi connectivity index (χ3v) is 4.60. The summed E-state index contributed by atoms with van der Waals surface area (Å²) in [6.45, 7) is 3.89. The van der Waals surface area contributed by atoms with E-state index in [1.807, 2.05) is 0 Å². The molecule has 2 aliphatic heterocycles. The molecule has 8 heteroatoms. The minimum Gasteiger partial charge on any atom is -0.339 e. The standard InChI is InChI=1S/C17H21FN4O3/c1-12(23)20-6-8-21(9-7-20)17(25)19-14-10-16(24)22(11-14)15-4-2-13(18)3-5-15/h2-5,14H,6-11H2,1H3,(H,19,25)/t14-/m0/s1. The summed E-state index contributed by atoms with van der Waals surface area (Å²) in [4.78, 5) is 40.8. The zero-order chi connectivity index (χ0) is 18.0. The van der Waals surface area contributed by atoms with Crippen molar-refractivity contribution in [3.05, 3.63) is 30.1 Å². The highest BCUT2D eigenvalue weighted by atomic mass is 19.1. The smallest absolute Gasteiger partial charge is 0.317 e. The number of amides is 4. The zero-order valence-corrected chi connectivity index (χ0v) is 14.1. The maximum absolute atomic E-state index is 13.0. The third kappa shape index (κ3) is 3.89. The van der Waals surface area contributed by atoms with Crippen LogP contribution in [-0.4, -0.2) is 66.4 Å². The van der Waals surface area contributed by atoms with Crippen molar-refractivity contribution in [2.45, 2.75) is 19.4 Å². The molecule has 1 aromatic carbocycles. The molecule has 0 aromatic heterocycles. The summed E-state index contributed by atoms with van der Waals surface area (Å²) in [6, 6.07) is 5.22. The second kappa shape index (κ2) is 7.08. The molecular weight excluding hydrogens is 327 g/mol. The minimum absolute atomic E-state index is 0.0105. The average Bonchev–Trinajstić information content (AvgIpc) is 2.96. The zero-order valence-electron chi connectivity index (χ0n) is 14.1. The summed E-state index contributed by atoms with van der Waals surface area (Å²) < 4.78 is 13.0. The van der Waals surface area contributed by atoms with E-state index in [0.717, 1.165) is 0 Å². The van der Waals surface area contributed by atoms with Crippen LogP contribution in [0.3, 0.4) is 0 Å². The lowest BCUT2D eigenvalue weighted by molar-refractivity contribution is -0.130. The van der Waals surface area contributed by atoms with Gasteiger partial charge in [0.15, 0.2) is 0 Å². The fraction of sp³-hybridized carbons (Fsp3) is 0.471. The topological polar surface area (TPSA) is 73.0 Å². The van der Waals surface area contributed by atoms with E-state index in [0.29, 0.717) is 38.4 Å². The second-order valence-electron chi connectivity index (χ2n) is 6.32. The number of carbonyl (C=O) groups excluding carboxylic acids is 3. The van der Waals surface area contributed by atoms with Gasteiger partial charge in [0.25, 0.3) is 0 Å². The summed E-state index contributed by atoms with van der Waals surface area (Å²) in [5, 5.41) is 2.88. The number of benzene rings is 1. The number of rotatable bonds is 2. The van der Waals surface area contributed by atoms with Crippen molar-refractivity contribution >= 4 is 23.5 Å². The van der Waals surface area contributed by atoms with E-state index >= 15 is 0 Å². The van der Waals surface area contributed by atoms with Gasteiger partial charge in [-0.05, 0) is 24.3 Å². The van der Waals surface area contributed by atoms with E-state index in [-0.39, 0.29) is 36.1 Å². The van der Waals surface area contributed by atoms with Crippen LogP contribution in [0.5, 0.6) is 0 Å². The SMILES string of the molecule is CC(=O)N1CCN(C(=O)N[C@H]2CC(=O)N(c3ccc(F)cc3)C2)CC1. The van der Waals surface area contributed by atoms with Gasteiger partial charge in [-0.3, -0.25) is 9.59 Å². The predicted molar refractivity (Wildman–Crippen MR) is 89.5 cm³/mol. The Morgan fingerprint density at radius 3 is 2.28 bits per heavy atom. The largest absolute Gasteiger partial charge is 0.339 e. The van der Waals surface area contributed by atoms with Crippen molar-refractivity contribution < 1.29 is 18.8 Å². The van der Waals surface area contributed by atoms with Crippen molar-refractivity contribution in [2.75, 3.05) is 37.6 Å². The van der Waals surface area contributed by atoms with Crippen LogP contribution in [0.15, 0.2) is 24.3 Å². The van der Waals surface area contributed by atoms with E-state index in [4.69, 9.17) is 0 Å². The van der Waals surface area contributed by atoms with Crippen LogP contribution >= 0.6 is 0 Å². The van der Waals surface area contributed by atoms with Crippen LogP contribution in [0.25, 0.3) is 0 Å². The molecule has 2 fully saturated rings. The van der Waals surface area contributed by atoms with Crippen molar-refractivity contribution in [3.63, 3.8) is 0 Å². The van der Waals surface area contributed by atoms with E-state index < -0.39 is 0 Å². The Morgan fingerprint density at radius 1 is 1.08 bits per heavy atom. The normalized spacial score (nSPS) is 20.8. The van der Waals surface area contributed by atoms with Crippen LogP contribution in [0.4, 0.5) is 14.9 Å². The average molecular weight is 348 g/mol. The Bertz CT molecular complexity index is 671. The number of hydrogen-bond acceptors (Lipinski definition) is 3. The summed E-state index contributed by atoms with van der Waals surface area (Å²) in [5.41, 5.74) is 0.623. The monoisotopic (exact) mass is 348 g/mol. The first-order valence-corrected chi connectivity index (χ1v) is 8.31. The van der Waals surface area contributed by atoms with Gasteiger partial charge in [-0.1, -0.05) is 0 Å². The molecule has 2 saturated heterocycles. The molecule has 0 saturated carbocycles. The molecule has 25 heavy (non-hydrogen) atoms. The van der Waals surface area contributed by atoms with E-state index in [1.165, 1.54) is 19.1 Å². The minimum atomic E-state index is -0.357. The summed E-state index contributed by atoms with van der Waals surface area (Å²) >= 11 is 0. The molecule has 0 bridgehead atoms. The Labute approximate surface area is 145 Å². The van der Waals surface area contributed by atoms with Gasteiger partial charge in [0.05, 0.1) is 6.04 Å². The number of anilines is 1. The van der Waals surface area contributed by atoms with E-state index in [2.05, 4.69) is 5.32 Å². The van der Waals surface area contributed by atoms with Crippen molar-refractivity contribution in [1.29, 1.82) is 0 Å². The van der Waals surface area contributed by atoms with Crippen LogP contribution < -0.4 is 10.2 Å². The van der Waals surface area contributed by atoms with Gasteiger partial charge in [-0.25, -0.2) is 9.18 Å². The molecule has 0 unspecified atom stereocenters. The molecule has 0 aliphatic carbocycles. The van der Waals surface area contributed by atoms with Gasteiger partial charge < -0.3 is 20.0 Å². The van der Waals surface area contributed by atoms with Gasteiger partial charge in [0, 0.05) is 51.8 Å². The first kappa shape index (κ1) is 17.2. The molecule has 7 nitrogen and oxygen atoms in total. The molecule has 1 atom stereocenters. The lowest BCUT2D eigenvalue weighted by Crippen LogP contribution is -2.54. The molecule has 3 rings (SSSR count). The lowest BCUT2D eigenvalue weighted by Gasteiger charge is -2.34. The maximum Gasteiger partial charge on any atom is 0.317 e. The Kier molecular flexibility index (Phi) is 4.87. The highest BCUT2D eigenvalue weighted by Gasteiger charge is 2.33. The maximum atomic E-state index is 13.0. The molecule has 1 N–H and O–H groups in total. The molecule has 1 aromatic rings. The van der Waals surface area contributed by atoms with Gasteiger partial charge in [0.2, 0.25) is 11.8 Å². The number of halogens is 1.